The molecule has 0 radical (unpaired) electrons. The molecular weight excluding hydrogens is 342 g/mol. The fourth-order valence-corrected chi connectivity index (χ4v) is 2.89. The van der Waals surface area contributed by atoms with Crippen molar-refractivity contribution in [2.75, 3.05) is 0 Å². The maximum Gasteiger partial charge on any atom is 0.215 e. The van der Waals surface area contributed by atoms with Crippen molar-refractivity contribution < 1.29 is 14.1 Å². The summed E-state index contributed by atoms with van der Waals surface area (Å²) in [7, 11) is 0. The molecule has 0 fully saturated rings. The molecule has 0 atom stereocenters. The number of hydrogen-bond acceptors (Lipinski definition) is 5. The summed E-state index contributed by atoms with van der Waals surface area (Å²) < 4.78 is 6.62. The summed E-state index contributed by atoms with van der Waals surface area (Å²) in [5, 5.41) is 8.07. The van der Waals surface area contributed by atoms with E-state index in [2.05, 4.69) is 10.3 Å². The van der Waals surface area contributed by atoms with Crippen LogP contribution in [0, 0.1) is 6.92 Å². The molecule has 0 amide bonds. The second-order valence-corrected chi connectivity index (χ2v) is 5.99. The summed E-state index contributed by atoms with van der Waals surface area (Å²) in [6, 6.07) is 18.2. The number of ketones is 2. The van der Waals surface area contributed by atoms with Gasteiger partial charge >= 0.3 is 0 Å². The second kappa shape index (κ2) is 6.84. The lowest BCUT2D eigenvalue weighted by atomic mass is 10.00. The highest BCUT2D eigenvalue weighted by Crippen LogP contribution is 2.21. The summed E-state index contributed by atoms with van der Waals surface area (Å²) in [5.41, 5.74) is 2.48. The standard InChI is InChI=1S/C21H15N3O3/c1-14-17(12-22-24(14)16-10-6-3-7-11-16)21(26)18-13-27-23-19(18)20(25)15-8-4-2-5-9-15/h2-13H,1H3. The van der Waals surface area contributed by atoms with E-state index in [0.29, 0.717) is 16.8 Å². The lowest BCUT2D eigenvalue weighted by Crippen LogP contribution is -2.11. The van der Waals surface area contributed by atoms with Gasteiger partial charge in [0.25, 0.3) is 0 Å². The number of carbonyl (C=O) groups excluding carboxylic acids is 2. The van der Waals surface area contributed by atoms with E-state index in [1.165, 1.54) is 12.5 Å². The number of benzene rings is 2. The van der Waals surface area contributed by atoms with E-state index in [0.717, 1.165) is 5.69 Å². The number of para-hydroxylation sites is 1. The Kier molecular flexibility index (Phi) is 4.22. The van der Waals surface area contributed by atoms with Gasteiger partial charge in [0.2, 0.25) is 11.6 Å². The minimum Gasteiger partial charge on any atom is -0.363 e. The second-order valence-electron chi connectivity index (χ2n) is 5.99. The van der Waals surface area contributed by atoms with Crippen LogP contribution in [0.15, 0.2) is 77.6 Å². The van der Waals surface area contributed by atoms with E-state index in [4.69, 9.17) is 4.52 Å². The lowest BCUT2D eigenvalue weighted by molar-refractivity contribution is 0.1000. The van der Waals surface area contributed by atoms with Crippen molar-refractivity contribution in [3.63, 3.8) is 0 Å². The van der Waals surface area contributed by atoms with E-state index in [1.54, 1.807) is 35.9 Å². The van der Waals surface area contributed by atoms with E-state index >= 15 is 0 Å². The largest absolute Gasteiger partial charge is 0.363 e. The molecule has 0 aliphatic heterocycles. The molecule has 0 saturated carbocycles. The number of nitrogens with zero attached hydrogens (tertiary/aromatic N) is 3. The van der Waals surface area contributed by atoms with Crippen LogP contribution in [0.3, 0.4) is 0 Å². The van der Waals surface area contributed by atoms with Crippen molar-refractivity contribution in [1.82, 2.24) is 14.9 Å². The molecular formula is C21H15N3O3. The molecule has 4 rings (SSSR count). The summed E-state index contributed by atoms with van der Waals surface area (Å²) in [6.45, 7) is 1.80. The van der Waals surface area contributed by atoms with E-state index in [-0.39, 0.29) is 22.8 Å². The molecule has 0 bridgehead atoms. The van der Waals surface area contributed by atoms with Crippen LogP contribution >= 0.6 is 0 Å². The summed E-state index contributed by atoms with van der Waals surface area (Å²) in [6.07, 6.45) is 2.70. The van der Waals surface area contributed by atoms with Gasteiger partial charge in [-0.05, 0) is 19.1 Å². The van der Waals surface area contributed by atoms with Gasteiger partial charge in [-0.15, -0.1) is 0 Å². The van der Waals surface area contributed by atoms with Gasteiger partial charge in [-0.25, -0.2) is 4.68 Å². The van der Waals surface area contributed by atoms with Gasteiger partial charge in [0.05, 0.1) is 28.7 Å². The zero-order valence-corrected chi connectivity index (χ0v) is 14.5. The molecule has 27 heavy (non-hydrogen) atoms. The topological polar surface area (TPSA) is 78.0 Å². The first-order valence-corrected chi connectivity index (χ1v) is 8.35. The molecule has 0 saturated heterocycles. The van der Waals surface area contributed by atoms with Gasteiger partial charge in [-0.1, -0.05) is 53.7 Å². The average molecular weight is 357 g/mol. The number of carbonyl (C=O) groups is 2. The highest BCUT2D eigenvalue weighted by atomic mass is 16.5. The van der Waals surface area contributed by atoms with Crippen LogP contribution in [-0.4, -0.2) is 26.5 Å². The third-order valence-corrected chi connectivity index (χ3v) is 4.32. The van der Waals surface area contributed by atoms with Crippen LogP contribution < -0.4 is 0 Å². The van der Waals surface area contributed by atoms with Crippen LogP contribution in [-0.2, 0) is 0 Å². The highest BCUT2D eigenvalue weighted by molar-refractivity contribution is 6.18. The summed E-state index contributed by atoms with van der Waals surface area (Å²) in [5.74, 6) is -0.712. The lowest BCUT2D eigenvalue weighted by Gasteiger charge is -2.05. The highest BCUT2D eigenvalue weighted by Gasteiger charge is 2.26. The fraction of sp³-hybridized carbons (Fsp3) is 0.0476. The quantitative estimate of drug-likeness (QED) is 0.510. The van der Waals surface area contributed by atoms with Gasteiger partial charge < -0.3 is 4.52 Å². The Balaban J connectivity index is 1.71. The molecule has 2 heterocycles. The maximum atomic E-state index is 13.0. The third-order valence-electron chi connectivity index (χ3n) is 4.32. The van der Waals surface area contributed by atoms with Gasteiger partial charge in [0.1, 0.15) is 6.26 Å². The summed E-state index contributed by atoms with van der Waals surface area (Å²) >= 11 is 0. The normalized spacial score (nSPS) is 10.7. The first-order chi connectivity index (χ1) is 13.2. The predicted molar refractivity (Wildman–Crippen MR) is 98.1 cm³/mol. The van der Waals surface area contributed by atoms with E-state index in [9.17, 15) is 9.59 Å². The molecule has 132 valence electrons. The Labute approximate surface area is 155 Å². The van der Waals surface area contributed by atoms with Gasteiger partial charge in [0, 0.05) is 5.56 Å². The van der Waals surface area contributed by atoms with Crippen molar-refractivity contribution >= 4 is 11.6 Å². The Morgan fingerprint density at radius 3 is 2.26 bits per heavy atom. The van der Waals surface area contributed by atoms with Crippen LogP contribution in [0.25, 0.3) is 5.69 Å². The van der Waals surface area contributed by atoms with E-state index < -0.39 is 0 Å². The van der Waals surface area contributed by atoms with Crippen LogP contribution in [0.2, 0.25) is 0 Å². The molecule has 2 aromatic heterocycles. The summed E-state index contributed by atoms with van der Waals surface area (Å²) in [4.78, 5) is 25.7. The van der Waals surface area contributed by atoms with Gasteiger partial charge in [-0.2, -0.15) is 5.10 Å². The molecule has 0 spiro atoms. The fourth-order valence-electron chi connectivity index (χ4n) is 2.89. The predicted octanol–water partition coefficient (Wildman–Crippen LogP) is 3.63. The van der Waals surface area contributed by atoms with Crippen molar-refractivity contribution in [3.05, 3.63) is 101 Å². The molecule has 6 heteroatoms. The number of hydrogen-bond donors (Lipinski definition) is 0. The van der Waals surface area contributed by atoms with Gasteiger partial charge in [0.15, 0.2) is 5.69 Å². The molecule has 0 aliphatic rings. The minimum atomic E-state index is -0.360. The van der Waals surface area contributed by atoms with Crippen molar-refractivity contribution in [2.24, 2.45) is 0 Å². The molecule has 6 nitrogen and oxygen atoms in total. The molecule has 2 aromatic carbocycles. The SMILES string of the molecule is Cc1c(C(=O)c2conc2C(=O)c2ccccc2)cnn1-c1ccccc1. The van der Waals surface area contributed by atoms with Gasteiger partial charge in [-0.3, -0.25) is 9.59 Å². The van der Waals surface area contributed by atoms with E-state index in [1.807, 2.05) is 36.4 Å². The Bertz CT molecular complexity index is 1110. The van der Waals surface area contributed by atoms with Crippen molar-refractivity contribution in [3.8, 4) is 5.69 Å². The number of rotatable bonds is 5. The van der Waals surface area contributed by atoms with Crippen LogP contribution in [0.4, 0.5) is 0 Å². The maximum absolute atomic E-state index is 13.0. The molecule has 0 unspecified atom stereocenters. The Morgan fingerprint density at radius 2 is 1.56 bits per heavy atom. The van der Waals surface area contributed by atoms with Crippen molar-refractivity contribution in [1.29, 1.82) is 0 Å². The first-order valence-electron chi connectivity index (χ1n) is 8.35. The first kappa shape index (κ1) is 16.7. The third kappa shape index (κ3) is 2.97. The van der Waals surface area contributed by atoms with Crippen LogP contribution in [0.5, 0.6) is 0 Å². The van der Waals surface area contributed by atoms with Crippen molar-refractivity contribution in [2.45, 2.75) is 6.92 Å². The zero-order valence-electron chi connectivity index (χ0n) is 14.5. The average Bonchev–Trinajstić information content (AvgIpc) is 3.35. The van der Waals surface area contributed by atoms with Crippen LogP contribution in [0.1, 0.15) is 37.7 Å². The molecule has 0 aliphatic carbocycles. The molecule has 4 aromatic rings. The minimum absolute atomic E-state index is 0.00180. The Morgan fingerprint density at radius 1 is 0.889 bits per heavy atom. The molecule has 0 N–H and O–H groups in total. The number of aromatic nitrogens is 3. The smallest absolute Gasteiger partial charge is 0.215 e. The zero-order chi connectivity index (χ0) is 18.8. The monoisotopic (exact) mass is 357 g/mol. The Hall–Kier alpha value is -3.80.